The minimum atomic E-state index is -3.33. The monoisotopic (exact) mass is 415 g/mol. The number of carbonyl (C=O) groups is 1. The van der Waals surface area contributed by atoms with Crippen molar-refractivity contribution in [1.82, 2.24) is 5.01 Å². The smallest absolute Gasteiger partial charge is 0.242 e. The Labute approximate surface area is 171 Å². The first-order valence-corrected chi connectivity index (χ1v) is 11.2. The number of nitrogens with zero attached hydrogens (tertiary/aromatic N) is 2. The summed E-state index contributed by atoms with van der Waals surface area (Å²) in [6.07, 6.45) is 0.895. The van der Waals surface area contributed by atoms with Gasteiger partial charge in [-0.05, 0) is 30.7 Å². The summed E-state index contributed by atoms with van der Waals surface area (Å²) in [5.41, 5.74) is 3.02. The molecular formula is C21H25N3O4S. The summed E-state index contributed by atoms with van der Waals surface area (Å²) >= 11 is 0. The summed E-state index contributed by atoms with van der Waals surface area (Å²) in [5, 5.41) is 6.12. The summed E-state index contributed by atoms with van der Waals surface area (Å²) in [6, 6.07) is 14.4. The molecule has 8 heteroatoms. The predicted octanol–water partition coefficient (Wildman–Crippen LogP) is 3.54. The molecule has 1 amide bonds. The molecule has 3 rings (SSSR count). The van der Waals surface area contributed by atoms with Crippen molar-refractivity contribution in [2.24, 2.45) is 5.10 Å². The molecule has 0 aromatic heterocycles. The van der Waals surface area contributed by atoms with Crippen LogP contribution < -0.4 is 9.46 Å². The van der Waals surface area contributed by atoms with Crippen LogP contribution in [0.25, 0.3) is 0 Å². The lowest BCUT2D eigenvalue weighted by Gasteiger charge is -2.23. The second kappa shape index (κ2) is 8.65. The third-order valence-corrected chi connectivity index (χ3v) is 6.14. The number of amides is 1. The molecule has 2 aromatic rings. The number of methoxy groups -OCH3 is 1. The quantitative estimate of drug-likeness (QED) is 0.749. The number of para-hydroxylation sites is 1. The molecule has 29 heavy (non-hydrogen) atoms. The molecule has 1 heterocycles. The van der Waals surface area contributed by atoms with E-state index in [2.05, 4.69) is 9.82 Å². The predicted molar refractivity (Wildman–Crippen MR) is 114 cm³/mol. The van der Waals surface area contributed by atoms with Crippen LogP contribution >= 0.6 is 0 Å². The summed E-state index contributed by atoms with van der Waals surface area (Å²) in [6.45, 7) is 3.39. The average molecular weight is 416 g/mol. The van der Waals surface area contributed by atoms with Crippen LogP contribution in [-0.4, -0.2) is 37.9 Å². The Morgan fingerprint density at radius 2 is 1.86 bits per heavy atom. The number of sulfonamides is 1. The van der Waals surface area contributed by atoms with Crippen molar-refractivity contribution in [1.29, 1.82) is 0 Å². The van der Waals surface area contributed by atoms with Gasteiger partial charge in [-0.25, -0.2) is 13.4 Å². The van der Waals surface area contributed by atoms with E-state index in [1.165, 1.54) is 5.01 Å². The van der Waals surface area contributed by atoms with Crippen LogP contribution in [0.3, 0.4) is 0 Å². The zero-order valence-electron chi connectivity index (χ0n) is 16.8. The van der Waals surface area contributed by atoms with Crippen LogP contribution in [0.2, 0.25) is 0 Å². The van der Waals surface area contributed by atoms with Crippen LogP contribution in [-0.2, 0) is 14.8 Å². The van der Waals surface area contributed by atoms with Crippen molar-refractivity contribution in [3.63, 3.8) is 0 Å². The minimum absolute atomic E-state index is 0.0101. The molecule has 0 radical (unpaired) electrons. The van der Waals surface area contributed by atoms with Gasteiger partial charge in [0, 0.05) is 24.1 Å². The maximum atomic E-state index is 12.5. The van der Waals surface area contributed by atoms with Gasteiger partial charge in [-0.15, -0.1) is 0 Å². The number of carbonyl (C=O) groups excluding carboxylic acids is 1. The summed E-state index contributed by atoms with van der Waals surface area (Å²) < 4.78 is 31.5. The third kappa shape index (κ3) is 4.59. The molecular weight excluding hydrogens is 390 g/mol. The van der Waals surface area contributed by atoms with Gasteiger partial charge in [0.15, 0.2) is 0 Å². The van der Waals surface area contributed by atoms with Crippen LogP contribution in [0.15, 0.2) is 53.6 Å². The summed E-state index contributed by atoms with van der Waals surface area (Å²) in [7, 11) is -1.72. The van der Waals surface area contributed by atoms with Crippen molar-refractivity contribution in [3.8, 4) is 5.75 Å². The van der Waals surface area contributed by atoms with Gasteiger partial charge in [0.25, 0.3) is 0 Å². The Morgan fingerprint density at radius 1 is 1.17 bits per heavy atom. The Morgan fingerprint density at radius 3 is 2.48 bits per heavy atom. The Balaban J connectivity index is 1.89. The van der Waals surface area contributed by atoms with Gasteiger partial charge in [0.05, 0.1) is 24.6 Å². The highest BCUT2D eigenvalue weighted by Gasteiger charge is 2.33. The van der Waals surface area contributed by atoms with Gasteiger partial charge in [-0.3, -0.25) is 9.52 Å². The fourth-order valence-electron chi connectivity index (χ4n) is 3.24. The fourth-order valence-corrected chi connectivity index (χ4v) is 3.88. The highest BCUT2D eigenvalue weighted by molar-refractivity contribution is 7.92. The maximum absolute atomic E-state index is 12.5. The average Bonchev–Trinajstić information content (AvgIpc) is 3.18. The summed E-state index contributed by atoms with van der Waals surface area (Å²) in [5.74, 6) is 0.659. The number of anilines is 1. The van der Waals surface area contributed by atoms with E-state index in [-0.39, 0.29) is 17.7 Å². The number of ether oxygens (including phenoxy) is 1. The van der Waals surface area contributed by atoms with Gasteiger partial charge in [-0.2, -0.15) is 5.10 Å². The highest BCUT2D eigenvalue weighted by atomic mass is 32.2. The number of nitrogens with one attached hydrogen (secondary N) is 1. The molecule has 1 unspecified atom stereocenters. The topological polar surface area (TPSA) is 88.1 Å². The van der Waals surface area contributed by atoms with E-state index in [0.29, 0.717) is 24.3 Å². The highest BCUT2D eigenvalue weighted by Crippen LogP contribution is 2.37. The molecule has 2 aromatic carbocycles. The molecule has 0 bridgehead atoms. The zero-order chi connectivity index (χ0) is 21.0. The van der Waals surface area contributed by atoms with E-state index < -0.39 is 10.0 Å². The summed E-state index contributed by atoms with van der Waals surface area (Å²) in [4.78, 5) is 12.5. The molecule has 154 valence electrons. The standard InChI is InChI=1S/C21H25N3O4S/c1-4-21(25)24-19(17-8-6-7-9-20(17)28-3)14-18(22-24)15-10-12-16(13-11-15)23-29(26,27)5-2/h6-13,19,23H,4-5,14H2,1-3H3. The molecule has 0 saturated heterocycles. The molecule has 1 N–H and O–H groups in total. The van der Waals surface area contributed by atoms with Crippen LogP contribution in [0.1, 0.15) is 43.9 Å². The molecule has 1 atom stereocenters. The van der Waals surface area contributed by atoms with Crippen molar-refractivity contribution in [2.75, 3.05) is 17.6 Å². The molecule has 1 aliphatic heterocycles. The normalized spacial score (nSPS) is 16.4. The van der Waals surface area contributed by atoms with E-state index in [1.807, 2.05) is 43.3 Å². The molecule has 0 saturated carbocycles. The van der Waals surface area contributed by atoms with Crippen LogP contribution in [0.5, 0.6) is 5.75 Å². The SMILES string of the molecule is CCC(=O)N1N=C(c2ccc(NS(=O)(=O)CC)cc2)CC1c1ccccc1OC. The minimum Gasteiger partial charge on any atom is -0.496 e. The van der Waals surface area contributed by atoms with Crippen molar-refractivity contribution >= 4 is 27.3 Å². The second-order valence-corrected chi connectivity index (χ2v) is 8.69. The molecule has 1 aliphatic rings. The number of hydrogen-bond donors (Lipinski definition) is 1. The first-order chi connectivity index (χ1) is 13.9. The molecule has 0 aliphatic carbocycles. The first-order valence-electron chi connectivity index (χ1n) is 9.52. The molecule has 7 nitrogen and oxygen atoms in total. The van der Waals surface area contributed by atoms with Crippen LogP contribution in [0.4, 0.5) is 5.69 Å². The number of hydrogen-bond acceptors (Lipinski definition) is 5. The van der Waals surface area contributed by atoms with E-state index in [1.54, 1.807) is 26.2 Å². The molecule has 0 spiro atoms. The van der Waals surface area contributed by atoms with Crippen molar-refractivity contribution in [2.45, 2.75) is 32.7 Å². The largest absolute Gasteiger partial charge is 0.496 e. The third-order valence-electron chi connectivity index (χ3n) is 4.84. The van der Waals surface area contributed by atoms with Crippen molar-refractivity contribution < 1.29 is 17.9 Å². The van der Waals surface area contributed by atoms with Crippen molar-refractivity contribution in [3.05, 3.63) is 59.7 Å². The fraction of sp³-hybridized carbons (Fsp3) is 0.333. The second-order valence-electron chi connectivity index (χ2n) is 6.68. The van der Waals surface area contributed by atoms with Gasteiger partial charge in [0.1, 0.15) is 5.75 Å². The Hall–Kier alpha value is -2.87. The number of rotatable bonds is 7. The molecule has 0 fully saturated rings. The zero-order valence-corrected chi connectivity index (χ0v) is 17.6. The van der Waals surface area contributed by atoms with Gasteiger partial charge < -0.3 is 4.74 Å². The number of hydrazone groups is 1. The van der Waals surface area contributed by atoms with Crippen LogP contribution in [0, 0.1) is 0 Å². The lowest BCUT2D eigenvalue weighted by Crippen LogP contribution is -2.26. The van der Waals surface area contributed by atoms with E-state index in [4.69, 9.17) is 4.74 Å². The lowest BCUT2D eigenvalue weighted by atomic mass is 9.97. The Bertz CT molecular complexity index is 1020. The number of benzene rings is 2. The van der Waals surface area contributed by atoms with Gasteiger partial charge in [0.2, 0.25) is 15.9 Å². The Kier molecular flexibility index (Phi) is 6.22. The first kappa shape index (κ1) is 20.9. The van der Waals surface area contributed by atoms with E-state index >= 15 is 0 Å². The lowest BCUT2D eigenvalue weighted by molar-refractivity contribution is -0.132. The van der Waals surface area contributed by atoms with E-state index in [0.717, 1.165) is 16.8 Å². The van der Waals surface area contributed by atoms with E-state index in [9.17, 15) is 13.2 Å². The maximum Gasteiger partial charge on any atom is 0.242 e. The van der Waals surface area contributed by atoms with Gasteiger partial charge >= 0.3 is 0 Å². The van der Waals surface area contributed by atoms with Gasteiger partial charge in [-0.1, -0.05) is 37.3 Å².